The number of nitrogens with zero attached hydrogens (tertiary/aromatic N) is 3. The van der Waals surface area contributed by atoms with Crippen LogP contribution in [0.3, 0.4) is 0 Å². The van der Waals surface area contributed by atoms with Gasteiger partial charge in [0.1, 0.15) is 17.0 Å². The van der Waals surface area contributed by atoms with Crippen molar-refractivity contribution in [1.82, 2.24) is 20.4 Å². The van der Waals surface area contributed by atoms with Crippen molar-refractivity contribution < 1.29 is 9.32 Å². The van der Waals surface area contributed by atoms with Gasteiger partial charge < -0.3 is 9.84 Å². The van der Waals surface area contributed by atoms with E-state index in [2.05, 4.69) is 20.4 Å². The Morgan fingerprint density at radius 2 is 1.59 bits per heavy atom. The van der Waals surface area contributed by atoms with Crippen LogP contribution in [0, 0.1) is 13.8 Å². The van der Waals surface area contributed by atoms with E-state index in [4.69, 9.17) is 4.52 Å². The molecule has 0 saturated heterocycles. The van der Waals surface area contributed by atoms with Crippen molar-refractivity contribution in [3.63, 3.8) is 0 Å². The summed E-state index contributed by atoms with van der Waals surface area (Å²) < 4.78 is 5.35. The minimum absolute atomic E-state index is 0.249. The fraction of sp³-hybridized carbons (Fsp3) is 0.130. The Balaban J connectivity index is 1.74. The van der Waals surface area contributed by atoms with E-state index in [9.17, 15) is 4.79 Å². The highest BCUT2D eigenvalue weighted by Crippen LogP contribution is 2.28. The van der Waals surface area contributed by atoms with E-state index < -0.39 is 0 Å². The Labute approximate surface area is 168 Å². The van der Waals surface area contributed by atoms with Crippen LogP contribution in [0.1, 0.15) is 38.9 Å². The van der Waals surface area contributed by atoms with Crippen LogP contribution in [-0.4, -0.2) is 21.0 Å². The molecule has 0 aliphatic rings. The standard InChI is InChI=1S/C23H20N4O2/c1-15-5-3-4-6-19(15)21(17-7-11-24-12-8-17)26-23(28)20-16(2)29-27-22(20)18-9-13-25-14-10-18/h3-14,21H,1-2H3,(H,26,28). The first-order valence-corrected chi connectivity index (χ1v) is 9.28. The number of rotatable bonds is 5. The summed E-state index contributed by atoms with van der Waals surface area (Å²) in [6.45, 7) is 3.77. The number of aromatic nitrogens is 3. The number of benzene rings is 1. The third-order valence-corrected chi connectivity index (χ3v) is 4.86. The molecule has 0 saturated carbocycles. The SMILES string of the molecule is Cc1ccccc1C(NC(=O)c1c(-c2ccncc2)noc1C)c1ccncc1. The molecule has 1 N–H and O–H groups in total. The first kappa shape index (κ1) is 18.6. The molecular weight excluding hydrogens is 364 g/mol. The van der Waals surface area contributed by atoms with Gasteiger partial charge in [-0.05, 0) is 54.8 Å². The second-order valence-corrected chi connectivity index (χ2v) is 6.74. The van der Waals surface area contributed by atoms with E-state index in [-0.39, 0.29) is 11.9 Å². The van der Waals surface area contributed by atoms with E-state index in [1.54, 1.807) is 43.8 Å². The lowest BCUT2D eigenvalue weighted by Crippen LogP contribution is -2.30. The highest BCUT2D eigenvalue weighted by Gasteiger charge is 2.25. The Kier molecular flexibility index (Phi) is 5.16. The van der Waals surface area contributed by atoms with Crippen LogP contribution in [-0.2, 0) is 0 Å². The number of pyridine rings is 2. The Morgan fingerprint density at radius 3 is 2.28 bits per heavy atom. The van der Waals surface area contributed by atoms with E-state index >= 15 is 0 Å². The van der Waals surface area contributed by atoms with Crippen LogP contribution in [0.5, 0.6) is 0 Å². The summed E-state index contributed by atoms with van der Waals surface area (Å²) in [6.07, 6.45) is 6.77. The lowest BCUT2D eigenvalue weighted by molar-refractivity contribution is 0.0942. The number of hydrogen-bond donors (Lipinski definition) is 1. The van der Waals surface area contributed by atoms with Crippen LogP contribution in [0.15, 0.2) is 77.8 Å². The molecule has 1 aromatic carbocycles. The van der Waals surface area contributed by atoms with Gasteiger partial charge >= 0.3 is 0 Å². The summed E-state index contributed by atoms with van der Waals surface area (Å²) in [7, 11) is 0. The first-order valence-electron chi connectivity index (χ1n) is 9.28. The topological polar surface area (TPSA) is 80.9 Å². The molecule has 4 rings (SSSR count). The van der Waals surface area contributed by atoms with Crippen molar-refractivity contribution in [3.8, 4) is 11.3 Å². The molecule has 4 aromatic rings. The average Bonchev–Trinajstić information content (AvgIpc) is 3.15. The van der Waals surface area contributed by atoms with Gasteiger partial charge in [-0.3, -0.25) is 14.8 Å². The highest BCUT2D eigenvalue weighted by molar-refractivity contribution is 6.01. The monoisotopic (exact) mass is 384 g/mol. The zero-order chi connectivity index (χ0) is 20.2. The van der Waals surface area contributed by atoms with Gasteiger partial charge in [-0.15, -0.1) is 0 Å². The van der Waals surface area contributed by atoms with Crippen molar-refractivity contribution >= 4 is 5.91 Å². The maximum Gasteiger partial charge on any atom is 0.257 e. The minimum atomic E-state index is -0.328. The Bertz CT molecular complexity index is 1120. The number of hydrogen-bond acceptors (Lipinski definition) is 5. The molecule has 0 radical (unpaired) electrons. The molecule has 3 heterocycles. The Hall–Kier alpha value is -3.80. The van der Waals surface area contributed by atoms with Crippen LogP contribution in [0.4, 0.5) is 0 Å². The number of carbonyl (C=O) groups is 1. The third-order valence-electron chi connectivity index (χ3n) is 4.86. The maximum atomic E-state index is 13.3. The van der Waals surface area contributed by atoms with Crippen LogP contribution in [0.25, 0.3) is 11.3 Å². The fourth-order valence-electron chi connectivity index (χ4n) is 3.36. The van der Waals surface area contributed by atoms with Gasteiger partial charge in [0.15, 0.2) is 0 Å². The molecule has 144 valence electrons. The van der Waals surface area contributed by atoms with Crippen molar-refractivity contribution in [2.24, 2.45) is 0 Å². The molecule has 1 atom stereocenters. The predicted octanol–water partition coefficient (Wildman–Crippen LogP) is 4.27. The van der Waals surface area contributed by atoms with Crippen LogP contribution >= 0.6 is 0 Å². The molecular formula is C23H20N4O2. The number of amides is 1. The lowest BCUT2D eigenvalue weighted by atomic mass is 9.95. The molecule has 1 unspecified atom stereocenters. The van der Waals surface area contributed by atoms with E-state index in [0.29, 0.717) is 17.0 Å². The van der Waals surface area contributed by atoms with Crippen molar-refractivity contribution in [2.75, 3.05) is 0 Å². The minimum Gasteiger partial charge on any atom is -0.360 e. The molecule has 29 heavy (non-hydrogen) atoms. The molecule has 0 bridgehead atoms. The average molecular weight is 384 g/mol. The normalized spacial score (nSPS) is 11.8. The van der Waals surface area contributed by atoms with Crippen molar-refractivity contribution in [2.45, 2.75) is 19.9 Å². The fourth-order valence-corrected chi connectivity index (χ4v) is 3.36. The summed E-state index contributed by atoms with van der Waals surface area (Å²) in [5.74, 6) is 0.216. The zero-order valence-corrected chi connectivity index (χ0v) is 16.2. The van der Waals surface area contributed by atoms with E-state index in [1.807, 2.05) is 43.3 Å². The summed E-state index contributed by atoms with van der Waals surface area (Å²) in [4.78, 5) is 21.5. The van der Waals surface area contributed by atoms with Gasteiger partial charge in [0.25, 0.3) is 5.91 Å². The number of carbonyl (C=O) groups excluding carboxylic acids is 1. The maximum absolute atomic E-state index is 13.3. The van der Waals surface area contributed by atoms with Crippen molar-refractivity contribution in [3.05, 3.63) is 101 Å². The first-order chi connectivity index (χ1) is 14.1. The third kappa shape index (κ3) is 3.78. The Morgan fingerprint density at radius 1 is 0.931 bits per heavy atom. The zero-order valence-electron chi connectivity index (χ0n) is 16.2. The van der Waals surface area contributed by atoms with Gasteiger partial charge in [0.2, 0.25) is 0 Å². The number of nitrogens with one attached hydrogen (secondary N) is 1. The second kappa shape index (κ2) is 8.06. The smallest absolute Gasteiger partial charge is 0.257 e. The lowest BCUT2D eigenvalue weighted by Gasteiger charge is -2.21. The summed E-state index contributed by atoms with van der Waals surface area (Å²) in [5, 5.41) is 7.27. The molecule has 0 aliphatic carbocycles. The largest absolute Gasteiger partial charge is 0.360 e. The van der Waals surface area contributed by atoms with Gasteiger partial charge in [0, 0.05) is 30.4 Å². The van der Waals surface area contributed by atoms with Gasteiger partial charge in [-0.1, -0.05) is 29.4 Å². The van der Waals surface area contributed by atoms with Crippen LogP contribution in [0.2, 0.25) is 0 Å². The molecule has 0 aliphatic heterocycles. The summed E-state index contributed by atoms with van der Waals surface area (Å²) in [5.41, 5.74) is 4.75. The molecule has 0 spiro atoms. The molecule has 0 fully saturated rings. The summed E-state index contributed by atoms with van der Waals surface area (Å²) >= 11 is 0. The van der Waals surface area contributed by atoms with Crippen molar-refractivity contribution in [1.29, 1.82) is 0 Å². The van der Waals surface area contributed by atoms with Gasteiger partial charge in [-0.2, -0.15) is 0 Å². The quantitative estimate of drug-likeness (QED) is 0.556. The molecule has 6 nitrogen and oxygen atoms in total. The van der Waals surface area contributed by atoms with E-state index in [1.165, 1.54) is 0 Å². The number of aryl methyl sites for hydroxylation is 2. The molecule has 1 amide bonds. The molecule has 6 heteroatoms. The van der Waals surface area contributed by atoms with Gasteiger partial charge in [0.05, 0.1) is 6.04 Å². The van der Waals surface area contributed by atoms with Gasteiger partial charge in [-0.25, -0.2) is 0 Å². The van der Waals surface area contributed by atoms with Crippen LogP contribution < -0.4 is 5.32 Å². The predicted molar refractivity (Wildman–Crippen MR) is 109 cm³/mol. The highest BCUT2D eigenvalue weighted by atomic mass is 16.5. The molecule has 3 aromatic heterocycles. The second-order valence-electron chi connectivity index (χ2n) is 6.74. The van der Waals surface area contributed by atoms with E-state index in [0.717, 1.165) is 22.3 Å². The summed E-state index contributed by atoms with van der Waals surface area (Å²) in [6, 6.07) is 15.1.